The molecule has 2 aromatic carbocycles. The molecule has 20 heavy (non-hydrogen) atoms. The molecule has 0 saturated carbocycles. The molecule has 0 aromatic heterocycles. The number of nitrogens with one attached hydrogen (secondary N) is 1. The van der Waals surface area contributed by atoms with Gasteiger partial charge in [-0.05, 0) is 24.1 Å². The quantitative estimate of drug-likeness (QED) is 0.770. The lowest BCUT2D eigenvalue weighted by atomic mass is 10.2. The number of rotatable bonds is 7. The summed E-state index contributed by atoms with van der Waals surface area (Å²) in [5, 5.41) is 7.36. The van der Waals surface area contributed by atoms with Crippen LogP contribution in [0.25, 0.3) is 0 Å². The largest absolute Gasteiger partial charge is 0.352 e. The molecule has 2 aromatic rings. The highest BCUT2D eigenvalue weighted by atomic mass is 16.1. The number of amides is 1. The number of carbonyl (C=O) groups is 1. The van der Waals surface area contributed by atoms with Crippen molar-refractivity contribution in [2.24, 2.45) is 0 Å². The van der Waals surface area contributed by atoms with Crippen LogP contribution < -0.4 is 10.6 Å². The minimum absolute atomic E-state index is 0.0198. The summed E-state index contributed by atoms with van der Waals surface area (Å²) in [6.07, 6.45) is 0.866. The molecule has 3 heteroatoms. The van der Waals surface area contributed by atoms with Gasteiger partial charge in [0.2, 0.25) is 0 Å². The van der Waals surface area contributed by atoms with E-state index < -0.39 is 0 Å². The van der Waals surface area contributed by atoms with E-state index >= 15 is 0 Å². The second-order valence-corrected chi connectivity index (χ2v) is 4.57. The lowest BCUT2D eigenvalue weighted by molar-refractivity contribution is 0.0953. The molecule has 3 nitrogen and oxygen atoms in total. The van der Waals surface area contributed by atoms with Crippen molar-refractivity contribution in [1.29, 1.82) is 0 Å². The number of carbonyl (C=O) groups excluding carboxylic acids is 1. The fraction of sp³-hybridized carbons (Fsp3) is 0.235. The Kier molecular flexibility index (Phi) is 5.80. The Morgan fingerprint density at radius 2 is 1.60 bits per heavy atom. The molecule has 0 aliphatic rings. The van der Waals surface area contributed by atoms with Gasteiger partial charge in [-0.25, -0.2) is 5.32 Å². The Morgan fingerprint density at radius 1 is 0.950 bits per heavy atom. The van der Waals surface area contributed by atoms with E-state index in [-0.39, 0.29) is 5.91 Å². The van der Waals surface area contributed by atoms with Gasteiger partial charge in [0, 0.05) is 25.2 Å². The maximum absolute atomic E-state index is 11.8. The minimum atomic E-state index is -0.0198. The van der Waals surface area contributed by atoms with E-state index in [0.29, 0.717) is 12.1 Å². The van der Waals surface area contributed by atoms with Crippen LogP contribution in [0.2, 0.25) is 0 Å². The summed E-state index contributed by atoms with van der Waals surface area (Å²) in [4.78, 5) is 11.8. The molecule has 0 bridgehead atoms. The van der Waals surface area contributed by atoms with Gasteiger partial charge in [-0.1, -0.05) is 48.5 Å². The maximum atomic E-state index is 11.8. The Labute approximate surface area is 120 Å². The third kappa shape index (κ3) is 4.86. The van der Waals surface area contributed by atoms with Crippen molar-refractivity contribution in [3.05, 3.63) is 71.8 Å². The van der Waals surface area contributed by atoms with Gasteiger partial charge in [0.05, 0.1) is 0 Å². The van der Waals surface area contributed by atoms with Gasteiger partial charge in [0.15, 0.2) is 0 Å². The van der Waals surface area contributed by atoms with Crippen molar-refractivity contribution in [3.8, 4) is 0 Å². The van der Waals surface area contributed by atoms with Crippen LogP contribution in [0.5, 0.6) is 0 Å². The summed E-state index contributed by atoms with van der Waals surface area (Å²) in [6, 6.07) is 19.4. The third-order valence-electron chi connectivity index (χ3n) is 2.95. The minimum Gasteiger partial charge on any atom is -0.352 e. The van der Waals surface area contributed by atoms with E-state index in [1.165, 1.54) is 5.56 Å². The average Bonchev–Trinajstić information content (AvgIpc) is 2.52. The Bertz CT molecular complexity index is 511. The smallest absolute Gasteiger partial charge is 0.251 e. The van der Waals surface area contributed by atoms with Crippen molar-refractivity contribution < 1.29 is 4.79 Å². The topological polar surface area (TPSA) is 43.2 Å². The Hall–Kier alpha value is -2.13. The Balaban J connectivity index is 1.57. The maximum Gasteiger partial charge on any atom is 0.251 e. The third-order valence-corrected chi connectivity index (χ3v) is 2.95. The summed E-state index contributed by atoms with van der Waals surface area (Å²) >= 11 is 0. The summed E-state index contributed by atoms with van der Waals surface area (Å²) < 4.78 is 0. The molecule has 0 saturated heterocycles. The van der Waals surface area contributed by atoms with Gasteiger partial charge in [0.25, 0.3) is 5.91 Å². The zero-order chi connectivity index (χ0) is 14.0. The normalized spacial score (nSPS) is 10.2. The fourth-order valence-electron chi connectivity index (χ4n) is 1.88. The lowest BCUT2D eigenvalue weighted by Gasteiger charge is -2.05. The van der Waals surface area contributed by atoms with E-state index in [2.05, 4.69) is 22.8 Å². The van der Waals surface area contributed by atoms with Gasteiger partial charge >= 0.3 is 0 Å². The predicted octanol–water partition coefficient (Wildman–Crippen LogP) is 2.61. The fourth-order valence-corrected chi connectivity index (χ4v) is 1.88. The van der Waals surface area contributed by atoms with Crippen molar-refractivity contribution in [1.82, 2.24) is 10.6 Å². The van der Waals surface area contributed by atoms with Crippen LogP contribution in [0.1, 0.15) is 22.3 Å². The molecule has 0 aliphatic heterocycles. The summed E-state index contributed by atoms with van der Waals surface area (Å²) in [6.45, 7) is 2.17. The summed E-state index contributed by atoms with van der Waals surface area (Å²) in [5.74, 6) is -0.0198. The van der Waals surface area contributed by atoms with Crippen molar-refractivity contribution in [2.45, 2.75) is 13.0 Å². The van der Waals surface area contributed by atoms with Crippen LogP contribution in [-0.4, -0.2) is 19.0 Å². The van der Waals surface area contributed by atoms with Gasteiger partial charge in [0.1, 0.15) is 0 Å². The highest BCUT2D eigenvalue weighted by Gasteiger charge is 2.02. The zero-order valence-corrected chi connectivity index (χ0v) is 11.5. The van der Waals surface area contributed by atoms with Gasteiger partial charge in [-0.3, -0.25) is 4.79 Å². The second-order valence-electron chi connectivity index (χ2n) is 4.57. The lowest BCUT2D eigenvalue weighted by Crippen LogP contribution is -2.25. The Morgan fingerprint density at radius 3 is 2.30 bits per heavy atom. The molecule has 0 heterocycles. The molecule has 0 atom stereocenters. The molecular weight excluding hydrogens is 248 g/mol. The van der Waals surface area contributed by atoms with E-state index in [0.717, 1.165) is 19.5 Å². The number of nitrogens with zero attached hydrogens (tertiary/aromatic N) is 1. The van der Waals surface area contributed by atoms with Crippen LogP contribution in [0.4, 0.5) is 0 Å². The molecule has 0 aliphatic carbocycles. The van der Waals surface area contributed by atoms with Crippen LogP contribution in [-0.2, 0) is 6.54 Å². The summed E-state index contributed by atoms with van der Waals surface area (Å²) in [7, 11) is 0. The predicted molar refractivity (Wildman–Crippen MR) is 80.5 cm³/mol. The SMILES string of the molecule is O=C(NCCC[N]Cc1ccccc1)c1ccccc1. The number of benzene rings is 2. The van der Waals surface area contributed by atoms with E-state index in [1.54, 1.807) is 0 Å². The first-order chi connectivity index (χ1) is 9.86. The molecular formula is C17H19N2O. The highest BCUT2D eigenvalue weighted by molar-refractivity contribution is 5.94. The highest BCUT2D eigenvalue weighted by Crippen LogP contribution is 1.99. The van der Waals surface area contributed by atoms with Crippen molar-refractivity contribution in [2.75, 3.05) is 13.1 Å². The molecule has 0 unspecified atom stereocenters. The van der Waals surface area contributed by atoms with Crippen molar-refractivity contribution >= 4 is 5.91 Å². The first kappa shape index (κ1) is 14.3. The number of hydrogen-bond acceptors (Lipinski definition) is 1. The van der Waals surface area contributed by atoms with Gasteiger partial charge in [-0.2, -0.15) is 0 Å². The zero-order valence-electron chi connectivity index (χ0n) is 11.5. The van der Waals surface area contributed by atoms with Crippen LogP contribution in [0.3, 0.4) is 0 Å². The van der Waals surface area contributed by atoms with Crippen LogP contribution in [0.15, 0.2) is 60.7 Å². The average molecular weight is 267 g/mol. The molecule has 103 valence electrons. The van der Waals surface area contributed by atoms with Crippen LogP contribution >= 0.6 is 0 Å². The summed E-state index contributed by atoms with van der Waals surface area (Å²) in [5.41, 5.74) is 1.93. The monoisotopic (exact) mass is 267 g/mol. The van der Waals surface area contributed by atoms with Gasteiger partial charge < -0.3 is 5.32 Å². The standard InChI is InChI=1S/C17H19N2O/c20-17(16-10-5-2-6-11-16)19-13-7-12-18-14-15-8-3-1-4-9-15/h1-6,8-11H,7,12-14H2,(H,19,20). The molecule has 1 N–H and O–H groups in total. The second kappa shape index (κ2) is 8.12. The molecule has 2 rings (SSSR count). The molecule has 0 fully saturated rings. The van der Waals surface area contributed by atoms with Crippen LogP contribution in [0, 0.1) is 0 Å². The van der Waals surface area contributed by atoms with Crippen molar-refractivity contribution in [3.63, 3.8) is 0 Å². The van der Waals surface area contributed by atoms with Gasteiger partial charge in [-0.15, -0.1) is 0 Å². The molecule has 1 radical (unpaired) electrons. The first-order valence-corrected chi connectivity index (χ1v) is 6.87. The molecule has 1 amide bonds. The first-order valence-electron chi connectivity index (χ1n) is 6.87. The molecule has 0 spiro atoms. The van der Waals surface area contributed by atoms with E-state index in [9.17, 15) is 4.79 Å². The van der Waals surface area contributed by atoms with E-state index in [1.807, 2.05) is 48.5 Å². The van der Waals surface area contributed by atoms with E-state index in [4.69, 9.17) is 0 Å². The number of hydrogen-bond donors (Lipinski definition) is 1.